The first-order chi connectivity index (χ1) is 16.3. The van der Waals surface area contributed by atoms with E-state index >= 15 is 0 Å². The Kier molecular flexibility index (Phi) is 7.84. The third-order valence-corrected chi connectivity index (χ3v) is 6.76. The fraction of sp³-hybridized carbons (Fsp3) is 0.520. The predicted molar refractivity (Wildman–Crippen MR) is 129 cm³/mol. The molecule has 2 aromatic rings. The van der Waals surface area contributed by atoms with E-state index in [9.17, 15) is 14.6 Å². The highest BCUT2D eigenvalue weighted by Crippen LogP contribution is 2.30. The van der Waals surface area contributed by atoms with Gasteiger partial charge in [-0.15, -0.1) is 0 Å². The number of piperidine rings is 1. The average molecular weight is 495 g/mol. The maximum atomic E-state index is 13.4. The summed E-state index contributed by atoms with van der Waals surface area (Å²) in [6.45, 7) is 3.33. The number of β-amino-alcohol motifs (C(OH)–C–C–N with tert-alkyl or cyclic N) is 2. The summed E-state index contributed by atoms with van der Waals surface area (Å²) >= 11 is 5.82. The van der Waals surface area contributed by atoms with Crippen molar-refractivity contribution in [2.24, 2.45) is 0 Å². The number of halogens is 2. The minimum Gasteiger partial charge on any atom is -0.497 e. The number of ether oxygens (including phenoxy) is 3. The molecule has 9 heteroatoms. The van der Waals surface area contributed by atoms with Crippen LogP contribution in [0, 0.1) is 5.82 Å². The van der Waals surface area contributed by atoms with Gasteiger partial charge in [-0.2, -0.15) is 0 Å². The van der Waals surface area contributed by atoms with Gasteiger partial charge in [-0.1, -0.05) is 17.7 Å². The molecule has 34 heavy (non-hydrogen) atoms. The minimum atomic E-state index is -1.27. The fourth-order valence-electron chi connectivity index (χ4n) is 4.57. The smallest absolute Gasteiger partial charge is 0.142 e. The number of hydrogen-bond donors (Lipinski definition) is 2. The van der Waals surface area contributed by atoms with Crippen molar-refractivity contribution in [3.63, 3.8) is 0 Å². The first-order valence-electron chi connectivity index (χ1n) is 11.5. The molecule has 0 spiro atoms. The first-order valence-corrected chi connectivity index (χ1v) is 11.9. The Balaban J connectivity index is 1.33. The van der Waals surface area contributed by atoms with E-state index in [2.05, 4.69) is 4.90 Å². The zero-order valence-corrected chi connectivity index (χ0v) is 20.1. The predicted octanol–water partition coefficient (Wildman–Crippen LogP) is 2.96. The molecule has 2 aromatic carbocycles. The van der Waals surface area contributed by atoms with Crippen LogP contribution >= 0.6 is 11.6 Å². The molecule has 2 fully saturated rings. The lowest BCUT2D eigenvalue weighted by Crippen LogP contribution is -2.55. The van der Waals surface area contributed by atoms with Crippen LogP contribution in [0.2, 0.25) is 5.02 Å². The highest BCUT2D eigenvalue weighted by Gasteiger charge is 2.39. The number of benzene rings is 2. The Bertz CT molecular complexity index is 972. The lowest BCUT2D eigenvalue weighted by molar-refractivity contribution is -0.0742. The van der Waals surface area contributed by atoms with Gasteiger partial charge in [0.15, 0.2) is 0 Å². The molecule has 2 N–H and O–H groups in total. The summed E-state index contributed by atoms with van der Waals surface area (Å²) < 4.78 is 30.0. The largest absolute Gasteiger partial charge is 0.497 e. The van der Waals surface area contributed by atoms with E-state index in [0.717, 1.165) is 24.5 Å². The van der Waals surface area contributed by atoms with Crippen molar-refractivity contribution in [2.75, 3.05) is 64.6 Å². The Morgan fingerprint density at radius 2 is 1.85 bits per heavy atom. The van der Waals surface area contributed by atoms with Crippen molar-refractivity contribution < 1.29 is 28.8 Å². The van der Waals surface area contributed by atoms with Gasteiger partial charge in [0, 0.05) is 50.5 Å². The maximum Gasteiger partial charge on any atom is 0.142 e. The molecule has 0 radical (unpaired) electrons. The van der Waals surface area contributed by atoms with Gasteiger partial charge in [-0.05, 0) is 37.1 Å². The van der Waals surface area contributed by atoms with Crippen molar-refractivity contribution in [1.29, 1.82) is 0 Å². The van der Waals surface area contributed by atoms with Crippen LogP contribution in [-0.4, -0.2) is 86.0 Å². The second-order valence-corrected chi connectivity index (χ2v) is 9.67. The van der Waals surface area contributed by atoms with Gasteiger partial charge < -0.3 is 29.3 Å². The van der Waals surface area contributed by atoms with Crippen LogP contribution < -0.4 is 14.4 Å². The van der Waals surface area contributed by atoms with Crippen molar-refractivity contribution in [3.8, 4) is 11.5 Å². The van der Waals surface area contributed by atoms with E-state index in [1.54, 1.807) is 7.11 Å². The summed E-state index contributed by atoms with van der Waals surface area (Å²) in [6.07, 6.45) is 1.23. The lowest BCUT2D eigenvalue weighted by atomic mass is 9.90. The molecule has 1 unspecified atom stereocenters. The second-order valence-electron chi connectivity index (χ2n) is 9.27. The van der Waals surface area contributed by atoms with E-state index in [1.807, 2.05) is 29.2 Å². The molecule has 0 saturated carbocycles. The molecule has 2 heterocycles. The van der Waals surface area contributed by atoms with Gasteiger partial charge >= 0.3 is 0 Å². The molecular weight excluding hydrogens is 463 g/mol. The highest BCUT2D eigenvalue weighted by molar-refractivity contribution is 6.30. The third-order valence-electron chi connectivity index (χ3n) is 6.47. The summed E-state index contributed by atoms with van der Waals surface area (Å²) in [5, 5.41) is 22.4. The maximum absolute atomic E-state index is 13.4. The molecule has 0 aliphatic carbocycles. The number of hydrogen-bond acceptors (Lipinski definition) is 7. The molecule has 4 rings (SSSR count). The average Bonchev–Trinajstić information content (AvgIpc) is 3.01. The van der Waals surface area contributed by atoms with Gasteiger partial charge in [-0.3, -0.25) is 4.90 Å². The standard InChI is InChI=1S/C25H32ClFN2O5/c1-32-20-4-2-3-19(13-20)29-9-7-24(30,8-10-29)15-28-11-12-33-17-25(31,16-28)18-34-21-5-6-23(27)22(26)14-21/h2-6,13-14,30-31H,7-12,15-18H2,1H3. The van der Waals surface area contributed by atoms with Crippen molar-refractivity contribution in [3.05, 3.63) is 53.3 Å². The molecule has 0 amide bonds. The van der Waals surface area contributed by atoms with Gasteiger partial charge in [0.25, 0.3) is 0 Å². The molecule has 0 aromatic heterocycles. The first kappa shape index (κ1) is 25.0. The molecule has 1 atom stereocenters. The number of nitrogens with zero attached hydrogens (tertiary/aromatic N) is 2. The Morgan fingerprint density at radius 3 is 2.59 bits per heavy atom. The van der Waals surface area contributed by atoms with Gasteiger partial charge in [0.1, 0.15) is 29.5 Å². The van der Waals surface area contributed by atoms with Crippen LogP contribution in [0.1, 0.15) is 12.8 Å². The number of rotatable bonds is 7. The third kappa shape index (κ3) is 6.31. The zero-order chi connectivity index (χ0) is 24.2. The summed E-state index contributed by atoms with van der Waals surface area (Å²) in [7, 11) is 1.65. The summed E-state index contributed by atoms with van der Waals surface area (Å²) in [5.41, 5.74) is -1.04. The molecule has 0 bridgehead atoms. The van der Waals surface area contributed by atoms with Crippen LogP contribution in [0.25, 0.3) is 0 Å². The Hall–Kier alpha value is -2.10. The van der Waals surface area contributed by atoms with Gasteiger partial charge in [0.2, 0.25) is 0 Å². The molecule has 186 valence electrons. The second kappa shape index (κ2) is 10.7. The molecule has 2 aliphatic heterocycles. The van der Waals surface area contributed by atoms with E-state index in [4.69, 9.17) is 25.8 Å². The zero-order valence-electron chi connectivity index (χ0n) is 19.4. The van der Waals surface area contributed by atoms with Crippen molar-refractivity contribution in [2.45, 2.75) is 24.0 Å². The van der Waals surface area contributed by atoms with Crippen LogP contribution in [0.3, 0.4) is 0 Å². The normalized spacial score (nSPS) is 23.4. The SMILES string of the molecule is COc1cccc(N2CCC(O)(CN3CCOCC(O)(COc4ccc(F)c(Cl)c4)C3)CC2)c1. The topological polar surface area (TPSA) is 74.6 Å². The van der Waals surface area contributed by atoms with E-state index < -0.39 is 17.0 Å². The van der Waals surface area contributed by atoms with Crippen molar-refractivity contribution >= 4 is 17.3 Å². The lowest BCUT2D eigenvalue weighted by Gasteiger charge is -2.42. The van der Waals surface area contributed by atoms with Crippen LogP contribution in [-0.2, 0) is 4.74 Å². The number of aliphatic hydroxyl groups is 2. The summed E-state index contributed by atoms with van der Waals surface area (Å²) in [5.74, 6) is 0.661. The highest BCUT2D eigenvalue weighted by atomic mass is 35.5. The summed E-state index contributed by atoms with van der Waals surface area (Å²) in [4.78, 5) is 4.29. The number of anilines is 1. The van der Waals surface area contributed by atoms with Crippen LogP contribution in [0.5, 0.6) is 11.5 Å². The number of methoxy groups -OCH3 is 1. The molecular formula is C25H32ClFN2O5. The quantitative estimate of drug-likeness (QED) is 0.613. The van der Waals surface area contributed by atoms with E-state index in [0.29, 0.717) is 44.8 Å². The Morgan fingerprint density at radius 1 is 1.06 bits per heavy atom. The van der Waals surface area contributed by atoms with E-state index in [-0.39, 0.29) is 18.2 Å². The monoisotopic (exact) mass is 494 g/mol. The summed E-state index contributed by atoms with van der Waals surface area (Å²) in [6, 6.07) is 12.0. The van der Waals surface area contributed by atoms with Crippen LogP contribution in [0.4, 0.5) is 10.1 Å². The van der Waals surface area contributed by atoms with E-state index in [1.165, 1.54) is 18.2 Å². The molecule has 7 nitrogen and oxygen atoms in total. The fourth-order valence-corrected chi connectivity index (χ4v) is 4.74. The molecule has 2 aliphatic rings. The minimum absolute atomic E-state index is 0.0342. The van der Waals surface area contributed by atoms with Crippen LogP contribution in [0.15, 0.2) is 42.5 Å². The van der Waals surface area contributed by atoms with Gasteiger partial charge in [-0.25, -0.2) is 4.39 Å². The molecule has 2 saturated heterocycles. The van der Waals surface area contributed by atoms with Crippen molar-refractivity contribution in [1.82, 2.24) is 4.90 Å². The van der Waals surface area contributed by atoms with Gasteiger partial charge in [0.05, 0.1) is 30.9 Å². The Labute approximate surface area is 204 Å².